The first-order valence-electron chi connectivity index (χ1n) is 6.85. The zero-order valence-corrected chi connectivity index (χ0v) is 14.6. The van der Waals surface area contributed by atoms with Crippen LogP contribution in [0, 0.1) is 0 Å². The van der Waals surface area contributed by atoms with Gasteiger partial charge in [0.2, 0.25) is 0 Å². The monoisotopic (exact) mass is 308 g/mol. The normalized spacial score (nSPS) is 12.5. The van der Waals surface area contributed by atoms with Gasteiger partial charge in [0.1, 0.15) is 5.75 Å². The summed E-state index contributed by atoms with van der Waals surface area (Å²) in [7, 11) is -0.384. The number of ether oxygens (including phenoxy) is 1. The predicted molar refractivity (Wildman–Crippen MR) is 87.5 cm³/mol. The number of carbonyl (C=O) groups is 1. The van der Waals surface area contributed by atoms with Crippen molar-refractivity contribution in [3.63, 3.8) is 0 Å². The number of hydrogen-bond donors (Lipinski definition) is 1. The number of methoxy groups -OCH3 is 1. The smallest absolute Gasteiger partial charge is 0.328 e. The quantitative estimate of drug-likeness (QED) is 0.655. The summed E-state index contributed by atoms with van der Waals surface area (Å²) in [6, 6.07) is 5.42. The molecule has 0 aromatic heterocycles. The summed E-state index contributed by atoms with van der Waals surface area (Å²) < 4.78 is 11.6. The molecule has 0 radical (unpaired) electrons. The lowest BCUT2D eigenvalue weighted by Crippen LogP contribution is -2.43. The minimum atomic E-state index is -1.98. The molecule has 0 atom stereocenters. The average molecular weight is 308 g/mol. The average Bonchev–Trinajstić information content (AvgIpc) is 2.34. The molecular formula is C16H24O4Si. The molecule has 116 valence electrons. The van der Waals surface area contributed by atoms with E-state index in [1.807, 2.05) is 6.07 Å². The standard InChI is InChI=1S/C16H24O4Si/c1-16(2,3)21(5,6)20-14-11-12(8-10-15(17)18)7-9-13(14)19-4/h7-11H,1-6H3,(H,17,18)/b10-8+. The van der Waals surface area contributed by atoms with Gasteiger partial charge in [0.15, 0.2) is 5.75 Å². The van der Waals surface area contributed by atoms with Gasteiger partial charge in [-0.2, -0.15) is 0 Å². The van der Waals surface area contributed by atoms with E-state index in [0.717, 1.165) is 11.6 Å². The highest BCUT2D eigenvalue weighted by Gasteiger charge is 2.39. The maximum atomic E-state index is 10.6. The molecule has 4 nitrogen and oxygen atoms in total. The summed E-state index contributed by atoms with van der Waals surface area (Å²) in [5, 5.41) is 8.78. The third kappa shape index (κ3) is 4.63. The van der Waals surface area contributed by atoms with Crippen molar-refractivity contribution in [3.8, 4) is 11.5 Å². The zero-order chi connectivity index (χ0) is 16.3. The molecule has 0 heterocycles. The molecule has 0 aliphatic heterocycles. The van der Waals surface area contributed by atoms with Crippen molar-refractivity contribution in [2.75, 3.05) is 7.11 Å². The molecule has 1 aromatic carbocycles. The molecule has 1 rings (SSSR count). The molecule has 0 spiro atoms. The van der Waals surface area contributed by atoms with Gasteiger partial charge in [-0.1, -0.05) is 26.8 Å². The van der Waals surface area contributed by atoms with E-state index >= 15 is 0 Å². The van der Waals surface area contributed by atoms with Gasteiger partial charge >= 0.3 is 5.97 Å². The van der Waals surface area contributed by atoms with Gasteiger partial charge in [-0.05, 0) is 41.9 Å². The largest absolute Gasteiger partial charge is 0.541 e. The van der Waals surface area contributed by atoms with Crippen LogP contribution in [0.1, 0.15) is 26.3 Å². The van der Waals surface area contributed by atoms with Crippen LogP contribution >= 0.6 is 0 Å². The van der Waals surface area contributed by atoms with Crippen LogP contribution in [0.3, 0.4) is 0 Å². The first-order chi connectivity index (χ1) is 9.56. The minimum absolute atomic E-state index is 0.0743. The van der Waals surface area contributed by atoms with E-state index < -0.39 is 14.3 Å². The van der Waals surface area contributed by atoms with Crippen molar-refractivity contribution in [1.82, 2.24) is 0 Å². The van der Waals surface area contributed by atoms with Gasteiger partial charge in [-0.25, -0.2) is 4.79 Å². The summed E-state index contributed by atoms with van der Waals surface area (Å²) in [6.07, 6.45) is 2.65. The van der Waals surface area contributed by atoms with Gasteiger partial charge in [0.25, 0.3) is 8.32 Å². The van der Waals surface area contributed by atoms with Crippen LogP contribution < -0.4 is 9.16 Å². The molecule has 5 heteroatoms. The summed E-state index contributed by atoms with van der Waals surface area (Å²) >= 11 is 0. The van der Waals surface area contributed by atoms with Gasteiger partial charge < -0.3 is 14.3 Å². The Morgan fingerprint density at radius 1 is 1.24 bits per heavy atom. The van der Waals surface area contributed by atoms with E-state index in [0.29, 0.717) is 11.5 Å². The van der Waals surface area contributed by atoms with Crippen LogP contribution in [-0.4, -0.2) is 26.5 Å². The lowest BCUT2D eigenvalue weighted by molar-refractivity contribution is -0.131. The molecule has 0 bridgehead atoms. The molecule has 0 saturated carbocycles. The Hall–Kier alpha value is -1.75. The maximum Gasteiger partial charge on any atom is 0.328 e. The Kier molecular flexibility index (Phi) is 5.23. The van der Waals surface area contributed by atoms with Crippen molar-refractivity contribution < 1.29 is 19.1 Å². The summed E-state index contributed by atoms with van der Waals surface area (Å²) in [4.78, 5) is 10.6. The Bertz CT molecular complexity index is 542. The van der Waals surface area contributed by atoms with Crippen LogP contribution in [0.4, 0.5) is 0 Å². The van der Waals surface area contributed by atoms with Crippen LogP contribution in [0.2, 0.25) is 18.1 Å². The van der Waals surface area contributed by atoms with Gasteiger partial charge in [0, 0.05) is 6.08 Å². The number of carboxylic acids is 1. The van der Waals surface area contributed by atoms with Crippen molar-refractivity contribution in [2.45, 2.75) is 38.9 Å². The lowest BCUT2D eigenvalue weighted by Gasteiger charge is -2.36. The second-order valence-electron chi connectivity index (χ2n) is 6.44. The second kappa shape index (κ2) is 6.35. The first-order valence-corrected chi connectivity index (χ1v) is 9.76. The Balaban J connectivity index is 3.15. The fourth-order valence-electron chi connectivity index (χ4n) is 1.47. The van der Waals surface area contributed by atoms with E-state index in [1.165, 1.54) is 0 Å². The van der Waals surface area contributed by atoms with Crippen LogP contribution in [0.25, 0.3) is 6.08 Å². The van der Waals surface area contributed by atoms with Crippen molar-refractivity contribution in [1.29, 1.82) is 0 Å². The van der Waals surface area contributed by atoms with Crippen molar-refractivity contribution >= 4 is 20.4 Å². The molecule has 21 heavy (non-hydrogen) atoms. The topological polar surface area (TPSA) is 55.8 Å². The molecular weight excluding hydrogens is 284 g/mol. The highest BCUT2D eigenvalue weighted by Crippen LogP contribution is 2.40. The van der Waals surface area contributed by atoms with E-state index in [-0.39, 0.29) is 5.04 Å². The molecule has 0 aliphatic rings. The number of hydrogen-bond acceptors (Lipinski definition) is 3. The molecule has 0 saturated heterocycles. The maximum absolute atomic E-state index is 10.6. The zero-order valence-electron chi connectivity index (χ0n) is 13.6. The van der Waals surface area contributed by atoms with E-state index in [2.05, 4.69) is 33.9 Å². The molecule has 0 unspecified atom stereocenters. The number of benzene rings is 1. The fourth-order valence-corrected chi connectivity index (χ4v) is 2.49. The van der Waals surface area contributed by atoms with E-state index in [4.69, 9.17) is 14.3 Å². The Morgan fingerprint density at radius 3 is 2.33 bits per heavy atom. The van der Waals surface area contributed by atoms with Crippen molar-refractivity contribution in [2.24, 2.45) is 0 Å². The first kappa shape index (κ1) is 17.3. The molecule has 0 aliphatic carbocycles. The van der Waals surface area contributed by atoms with Crippen molar-refractivity contribution in [3.05, 3.63) is 29.8 Å². The summed E-state index contributed by atoms with van der Waals surface area (Å²) in [5.74, 6) is 0.349. The van der Waals surface area contributed by atoms with Crippen LogP contribution in [0.15, 0.2) is 24.3 Å². The highest BCUT2D eigenvalue weighted by atomic mass is 28.4. The highest BCUT2D eigenvalue weighted by molar-refractivity contribution is 6.74. The number of carboxylic acid groups (broad SMARTS) is 1. The predicted octanol–water partition coefficient (Wildman–Crippen LogP) is 4.18. The molecule has 1 aromatic rings. The van der Waals surface area contributed by atoms with Gasteiger partial charge in [0.05, 0.1) is 7.11 Å². The fraction of sp³-hybridized carbons (Fsp3) is 0.438. The lowest BCUT2D eigenvalue weighted by atomic mass is 10.2. The van der Waals surface area contributed by atoms with E-state index in [9.17, 15) is 4.79 Å². The third-order valence-corrected chi connectivity index (χ3v) is 8.12. The number of aliphatic carboxylic acids is 1. The molecule has 1 N–H and O–H groups in total. The Morgan fingerprint density at radius 2 is 1.86 bits per heavy atom. The molecule has 0 fully saturated rings. The second-order valence-corrected chi connectivity index (χ2v) is 11.2. The SMILES string of the molecule is COc1ccc(/C=C/C(=O)O)cc1O[Si](C)(C)C(C)(C)C. The third-order valence-electron chi connectivity index (χ3n) is 3.78. The minimum Gasteiger partial charge on any atom is -0.541 e. The summed E-state index contributed by atoms with van der Waals surface area (Å²) in [5.41, 5.74) is 0.770. The van der Waals surface area contributed by atoms with E-state index in [1.54, 1.807) is 25.3 Å². The van der Waals surface area contributed by atoms with Gasteiger partial charge in [-0.3, -0.25) is 0 Å². The molecule has 0 amide bonds. The van der Waals surface area contributed by atoms with Crippen LogP contribution in [0.5, 0.6) is 11.5 Å². The number of rotatable bonds is 5. The summed E-state index contributed by atoms with van der Waals surface area (Å²) in [6.45, 7) is 10.8. The van der Waals surface area contributed by atoms with Gasteiger partial charge in [-0.15, -0.1) is 0 Å². The Labute approximate surface area is 127 Å². The van der Waals surface area contributed by atoms with Crippen LogP contribution in [-0.2, 0) is 4.79 Å².